The predicted octanol–water partition coefficient (Wildman–Crippen LogP) is 3.81. The summed E-state index contributed by atoms with van der Waals surface area (Å²) in [5.41, 5.74) is 1.25. The molecule has 2 aromatic rings. The summed E-state index contributed by atoms with van der Waals surface area (Å²) in [6.45, 7) is 0. The van der Waals surface area contributed by atoms with E-state index in [0.717, 1.165) is 25.7 Å². The van der Waals surface area contributed by atoms with Gasteiger partial charge in [-0.3, -0.25) is 4.79 Å². The molecule has 0 aliphatic carbocycles. The van der Waals surface area contributed by atoms with Crippen LogP contribution in [-0.4, -0.2) is 23.2 Å². The maximum Gasteiger partial charge on any atom is 0.321 e. The molecule has 2 aromatic carbocycles. The minimum atomic E-state index is -0.972. The predicted molar refractivity (Wildman–Crippen MR) is 92.7 cm³/mol. The summed E-state index contributed by atoms with van der Waals surface area (Å²) in [5.74, 6) is -1.88. The number of carbonyl (C=O) groups is 1. The van der Waals surface area contributed by atoms with Gasteiger partial charge in [0.05, 0.1) is 6.07 Å². The Kier molecular flexibility index (Phi) is 3.65. The van der Waals surface area contributed by atoms with Crippen LogP contribution in [0.25, 0.3) is 10.8 Å². The first-order valence-corrected chi connectivity index (χ1v) is 8.57. The lowest BCUT2D eigenvalue weighted by atomic mass is 9.81. The lowest BCUT2D eigenvalue weighted by molar-refractivity contribution is -0.141. The van der Waals surface area contributed by atoms with Crippen LogP contribution < -0.4 is 4.90 Å². The number of aliphatic carboxylic acids is 1. The number of nitriles is 1. The molecule has 0 aromatic heterocycles. The summed E-state index contributed by atoms with van der Waals surface area (Å²) in [5, 5.41) is 21.0. The standard InChI is InChI=1S/C20H20N2O2/c21-12-18(20(23)24)14-10-15-8-9-16(11-14)22(15)19-7-3-5-13-4-1-2-6-17(13)19/h1-7,14-16,18H,8-11H2,(H,23,24). The number of carboxylic acid groups (broad SMARTS) is 1. The lowest BCUT2D eigenvalue weighted by Crippen LogP contribution is -2.45. The Morgan fingerprint density at radius 3 is 2.46 bits per heavy atom. The van der Waals surface area contributed by atoms with Gasteiger partial charge in [0.25, 0.3) is 0 Å². The van der Waals surface area contributed by atoms with Gasteiger partial charge in [0, 0.05) is 23.2 Å². The highest BCUT2D eigenvalue weighted by Gasteiger charge is 2.45. The van der Waals surface area contributed by atoms with E-state index >= 15 is 0 Å². The Balaban J connectivity index is 1.68. The van der Waals surface area contributed by atoms with E-state index in [9.17, 15) is 15.2 Å². The molecule has 2 fully saturated rings. The Bertz CT molecular complexity index is 806. The van der Waals surface area contributed by atoms with Crippen LogP contribution in [0.2, 0.25) is 0 Å². The maximum atomic E-state index is 11.4. The zero-order valence-corrected chi connectivity index (χ0v) is 13.4. The number of benzene rings is 2. The first kappa shape index (κ1) is 15.0. The van der Waals surface area contributed by atoms with Crippen molar-refractivity contribution in [2.45, 2.75) is 37.8 Å². The highest BCUT2D eigenvalue weighted by atomic mass is 16.4. The molecule has 4 nitrogen and oxygen atoms in total. The van der Waals surface area contributed by atoms with Crippen LogP contribution in [0.3, 0.4) is 0 Å². The molecule has 2 aliphatic rings. The molecule has 3 atom stereocenters. The van der Waals surface area contributed by atoms with E-state index in [1.165, 1.54) is 16.5 Å². The van der Waals surface area contributed by atoms with Crippen molar-refractivity contribution in [3.63, 3.8) is 0 Å². The number of hydrogen-bond acceptors (Lipinski definition) is 3. The van der Waals surface area contributed by atoms with Crippen LogP contribution in [0.5, 0.6) is 0 Å². The fourth-order valence-corrected chi connectivity index (χ4v) is 4.68. The minimum absolute atomic E-state index is 0.0313. The average molecular weight is 320 g/mol. The molecule has 4 heteroatoms. The van der Waals surface area contributed by atoms with E-state index in [2.05, 4.69) is 47.4 Å². The molecule has 0 amide bonds. The van der Waals surface area contributed by atoms with Crippen LogP contribution >= 0.6 is 0 Å². The second kappa shape index (κ2) is 5.83. The Morgan fingerprint density at radius 1 is 1.12 bits per heavy atom. The van der Waals surface area contributed by atoms with E-state index in [0.29, 0.717) is 12.1 Å². The lowest BCUT2D eigenvalue weighted by Gasteiger charge is -2.41. The van der Waals surface area contributed by atoms with Crippen LogP contribution in [-0.2, 0) is 4.79 Å². The SMILES string of the molecule is N#CC(C(=O)O)C1CC2CCC(C1)N2c1cccc2ccccc12. The molecule has 4 rings (SSSR count). The summed E-state index contributed by atoms with van der Waals surface area (Å²) < 4.78 is 0. The van der Waals surface area contributed by atoms with Crippen LogP contribution in [0, 0.1) is 23.2 Å². The first-order chi connectivity index (χ1) is 11.7. The van der Waals surface area contributed by atoms with Gasteiger partial charge in [-0.25, -0.2) is 0 Å². The third-order valence-electron chi connectivity index (χ3n) is 5.69. The summed E-state index contributed by atoms with van der Waals surface area (Å²) >= 11 is 0. The van der Waals surface area contributed by atoms with Gasteiger partial charge in [0.15, 0.2) is 0 Å². The third-order valence-corrected chi connectivity index (χ3v) is 5.69. The smallest absolute Gasteiger partial charge is 0.321 e. The van der Waals surface area contributed by atoms with Crippen molar-refractivity contribution in [1.82, 2.24) is 0 Å². The summed E-state index contributed by atoms with van der Waals surface area (Å²) in [7, 11) is 0. The highest BCUT2D eigenvalue weighted by molar-refractivity contribution is 5.94. The Hall–Kier alpha value is -2.54. The summed E-state index contributed by atoms with van der Waals surface area (Å²) in [4.78, 5) is 13.8. The van der Waals surface area contributed by atoms with Crippen LogP contribution in [0.1, 0.15) is 25.7 Å². The van der Waals surface area contributed by atoms with Crippen molar-refractivity contribution in [2.24, 2.45) is 11.8 Å². The second-order valence-corrected chi connectivity index (χ2v) is 6.97. The number of hydrogen-bond donors (Lipinski definition) is 1. The zero-order chi connectivity index (χ0) is 16.7. The average Bonchev–Trinajstić information content (AvgIpc) is 2.84. The normalized spacial score (nSPS) is 27.0. The highest BCUT2D eigenvalue weighted by Crippen LogP contribution is 2.45. The second-order valence-electron chi connectivity index (χ2n) is 6.97. The molecule has 0 spiro atoms. The van der Waals surface area contributed by atoms with E-state index < -0.39 is 11.9 Å². The monoisotopic (exact) mass is 320 g/mol. The van der Waals surface area contributed by atoms with Gasteiger partial charge in [-0.15, -0.1) is 0 Å². The molecule has 0 radical (unpaired) electrons. The molecule has 122 valence electrons. The largest absolute Gasteiger partial charge is 0.480 e. The molecule has 2 heterocycles. The summed E-state index contributed by atoms with van der Waals surface area (Å²) in [6, 6.07) is 17.5. The number of rotatable bonds is 3. The zero-order valence-electron chi connectivity index (χ0n) is 13.4. The van der Waals surface area contributed by atoms with Crippen molar-refractivity contribution in [1.29, 1.82) is 5.26 Å². The molecular weight excluding hydrogens is 300 g/mol. The van der Waals surface area contributed by atoms with E-state index in [4.69, 9.17) is 0 Å². The maximum absolute atomic E-state index is 11.4. The minimum Gasteiger partial charge on any atom is -0.480 e. The van der Waals surface area contributed by atoms with E-state index in [1.54, 1.807) is 0 Å². The number of fused-ring (bicyclic) bond motifs is 3. The Labute approximate surface area is 141 Å². The van der Waals surface area contributed by atoms with Gasteiger partial charge in [-0.05, 0) is 43.1 Å². The van der Waals surface area contributed by atoms with Gasteiger partial charge in [-0.2, -0.15) is 5.26 Å². The van der Waals surface area contributed by atoms with Crippen LogP contribution in [0.4, 0.5) is 5.69 Å². The summed E-state index contributed by atoms with van der Waals surface area (Å²) in [6.07, 6.45) is 3.76. The van der Waals surface area contributed by atoms with E-state index in [-0.39, 0.29) is 5.92 Å². The number of nitrogens with zero attached hydrogens (tertiary/aromatic N) is 2. The molecule has 3 unspecified atom stereocenters. The Morgan fingerprint density at radius 2 is 1.79 bits per heavy atom. The topological polar surface area (TPSA) is 64.3 Å². The molecular formula is C20H20N2O2. The fourth-order valence-electron chi connectivity index (χ4n) is 4.68. The first-order valence-electron chi connectivity index (χ1n) is 8.57. The number of piperidine rings is 1. The van der Waals surface area contributed by atoms with Gasteiger partial charge in [0.2, 0.25) is 0 Å². The fraction of sp³-hybridized carbons (Fsp3) is 0.400. The molecule has 24 heavy (non-hydrogen) atoms. The van der Waals surface area contributed by atoms with Crippen LogP contribution in [0.15, 0.2) is 42.5 Å². The van der Waals surface area contributed by atoms with Gasteiger partial charge < -0.3 is 10.0 Å². The van der Waals surface area contributed by atoms with Crippen molar-refractivity contribution >= 4 is 22.4 Å². The van der Waals surface area contributed by atoms with Gasteiger partial charge >= 0.3 is 5.97 Å². The van der Waals surface area contributed by atoms with Crippen molar-refractivity contribution in [2.75, 3.05) is 4.90 Å². The molecule has 2 bridgehead atoms. The number of carboxylic acids is 1. The van der Waals surface area contributed by atoms with Gasteiger partial charge in [0.1, 0.15) is 5.92 Å². The van der Waals surface area contributed by atoms with Crippen molar-refractivity contribution in [3.8, 4) is 6.07 Å². The number of anilines is 1. The van der Waals surface area contributed by atoms with Crippen molar-refractivity contribution < 1.29 is 9.90 Å². The third kappa shape index (κ3) is 2.32. The van der Waals surface area contributed by atoms with E-state index in [1.807, 2.05) is 6.07 Å². The van der Waals surface area contributed by atoms with Gasteiger partial charge in [-0.1, -0.05) is 36.4 Å². The molecule has 0 saturated carbocycles. The molecule has 1 N–H and O–H groups in total. The molecule has 2 aliphatic heterocycles. The molecule has 2 saturated heterocycles. The van der Waals surface area contributed by atoms with Crippen molar-refractivity contribution in [3.05, 3.63) is 42.5 Å². The quantitative estimate of drug-likeness (QED) is 0.934.